The molecule has 1 aromatic carbocycles. The van der Waals surface area contributed by atoms with Crippen LogP contribution in [0.25, 0.3) is 0 Å². The molecule has 9 nitrogen and oxygen atoms in total. The van der Waals surface area contributed by atoms with Crippen molar-refractivity contribution >= 4 is 11.9 Å². The van der Waals surface area contributed by atoms with Gasteiger partial charge in [0, 0.05) is 70.0 Å². The highest BCUT2D eigenvalue weighted by Gasteiger charge is 2.39. The summed E-state index contributed by atoms with van der Waals surface area (Å²) in [6.07, 6.45) is 8.80. The van der Waals surface area contributed by atoms with E-state index in [0.29, 0.717) is 54.8 Å². The molecular formula is C31H50N4O5. The van der Waals surface area contributed by atoms with Crippen molar-refractivity contribution in [2.24, 2.45) is 11.8 Å². The average Bonchev–Trinajstić information content (AvgIpc) is 3.71. The van der Waals surface area contributed by atoms with E-state index in [0.717, 1.165) is 51.7 Å². The van der Waals surface area contributed by atoms with Crippen LogP contribution >= 0.6 is 0 Å². The molecule has 0 radical (unpaired) electrons. The summed E-state index contributed by atoms with van der Waals surface area (Å²) in [5.41, 5.74) is 0.588. The van der Waals surface area contributed by atoms with E-state index in [4.69, 9.17) is 14.2 Å². The number of methoxy groups -OCH3 is 2. The van der Waals surface area contributed by atoms with Crippen LogP contribution < -0.4 is 20.1 Å². The summed E-state index contributed by atoms with van der Waals surface area (Å²) in [7, 11) is 3.27. The van der Waals surface area contributed by atoms with Gasteiger partial charge >= 0.3 is 6.03 Å². The van der Waals surface area contributed by atoms with Crippen LogP contribution in [0.4, 0.5) is 4.79 Å². The maximum Gasteiger partial charge on any atom is 0.317 e. The molecule has 9 heteroatoms. The van der Waals surface area contributed by atoms with E-state index in [2.05, 4.69) is 29.4 Å². The maximum absolute atomic E-state index is 13.8. The Kier molecular flexibility index (Phi) is 11.4. The summed E-state index contributed by atoms with van der Waals surface area (Å²) in [6.45, 7) is 8.32. The lowest BCUT2D eigenvalue weighted by Crippen LogP contribution is -2.49. The van der Waals surface area contributed by atoms with Crippen LogP contribution in [0.2, 0.25) is 0 Å². The summed E-state index contributed by atoms with van der Waals surface area (Å²) in [4.78, 5) is 31.2. The van der Waals surface area contributed by atoms with Gasteiger partial charge in [-0.15, -0.1) is 0 Å². The van der Waals surface area contributed by atoms with Gasteiger partial charge in [0.2, 0.25) is 0 Å². The summed E-state index contributed by atoms with van der Waals surface area (Å²) in [5, 5.41) is 6.88. The summed E-state index contributed by atoms with van der Waals surface area (Å²) in [6, 6.07) is 6.22. The molecule has 40 heavy (non-hydrogen) atoms. The van der Waals surface area contributed by atoms with Gasteiger partial charge in [0.1, 0.15) is 0 Å². The minimum Gasteiger partial charge on any atom is -0.493 e. The van der Waals surface area contributed by atoms with Crippen LogP contribution in [0.1, 0.15) is 75.6 Å². The first-order valence-electron chi connectivity index (χ1n) is 15.3. The average molecular weight is 559 g/mol. The Morgan fingerprint density at radius 2 is 1.70 bits per heavy atom. The van der Waals surface area contributed by atoms with Crippen LogP contribution in [-0.4, -0.2) is 93.5 Å². The third-order valence-electron chi connectivity index (χ3n) is 8.57. The molecule has 0 bridgehead atoms. The van der Waals surface area contributed by atoms with Gasteiger partial charge < -0.3 is 34.6 Å². The molecule has 1 aliphatic heterocycles. The molecule has 3 aliphatic rings. The summed E-state index contributed by atoms with van der Waals surface area (Å²) < 4.78 is 16.5. The standard InChI is InChI=1S/C31H50N4O5/c1-22(2)34(30(36)23-11-14-28(39-4)29(17-23)40-16-8-15-38-3)20-24-18-32-19-25(24)21-35(27-12-13-27)31(37)33-26-9-6-5-7-10-26/h11,14,17,22,24-27,32H,5-10,12-13,15-16,18-21H2,1-4H3,(H,33,37)/t24-,25-/m0/s1. The second-order valence-corrected chi connectivity index (χ2v) is 12.0. The number of hydrogen-bond acceptors (Lipinski definition) is 6. The van der Waals surface area contributed by atoms with Gasteiger partial charge in [0.15, 0.2) is 11.5 Å². The van der Waals surface area contributed by atoms with Gasteiger partial charge in [-0.2, -0.15) is 0 Å². The number of ether oxygens (including phenoxy) is 3. The topological polar surface area (TPSA) is 92.4 Å². The highest BCUT2D eigenvalue weighted by molar-refractivity contribution is 5.95. The normalized spacial score (nSPS) is 21.3. The first-order valence-corrected chi connectivity index (χ1v) is 15.3. The van der Waals surface area contributed by atoms with Crippen molar-refractivity contribution in [3.8, 4) is 11.5 Å². The number of carbonyl (C=O) groups excluding carboxylic acids is 2. The molecule has 0 unspecified atom stereocenters. The largest absolute Gasteiger partial charge is 0.493 e. The number of amides is 3. The fourth-order valence-electron chi connectivity index (χ4n) is 6.01. The van der Waals surface area contributed by atoms with E-state index in [1.807, 2.05) is 11.0 Å². The predicted molar refractivity (Wildman–Crippen MR) is 156 cm³/mol. The second kappa shape index (κ2) is 14.9. The number of nitrogens with one attached hydrogen (secondary N) is 2. The summed E-state index contributed by atoms with van der Waals surface area (Å²) >= 11 is 0. The molecular weight excluding hydrogens is 508 g/mol. The molecule has 2 saturated carbocycles. The quantitative estimate of drug-likeness (QED) is 0.331. The monoisotopic (exact) mass is 558 g/mol. The first-order chi connectivity index (χ1) is 19.4. The van der Waals surface area contributed by atoms with Crippen molar-refractivity contribution in [3.63, 3.8) is 0 Å². The molecule has 4 rings (SSSR count). The number of hydrogen-bond donors (Lipinski definition) is 2. The second-order valence-electron chi connectivity index (χ2n) is 12.0. The first kappa shape index (κ1) is 30.4. The number of nitrogens with zero attached hydrogens (tertiary/aromatic N) is 2. The fraction of sp³-hybridized carbons (Fsp3) is 0.742. The number of rotatable bonds is 14. The van der Waals surface area contributed by atoms with Crippen molar-refractivity contribution in [1.29, 1.82) is 0 Å². The van der Waals surface area contributed by atoms with Crippen LogP contribution in [0.5, 0.6) is 11.5 Å². The van der Waals surface area contributed by atoms with Crippen molar-refractivity contribution < 1.29 is 23.8 Å². The lowest BCUT2D eigenvalue weighted by Gasteiger charge is -2.34. The Labute approximate surface area is 240 Å². The van der Waals surface area contributed by atoms with Crippen LogP contribution in [0.3, 0.4) is 0 Å². The van der Waals surface area contributed by atoms with E-state index in [1.54, 1.807) is 26.4 Å². The van der Waals surface area contributed by atoms with Crippen molar-refractivity contribution in [2.75, 3.05) is 53.6 Å². The van der Waals surface area contributed by atoms with Gasteiger partial charge in [-0.05, 0) is 69.6 Å². The number of urea groups is 1. The van der Waals surface area contributed by atoms with Crippen molar-refractivity contribution in [3.05, 3.63) is 23.8 Å². The molecule has 2 atom stereocenters. The zero-order chi connectivity index (χ0) is 28.5. The molecule has 3 amide bonds. The zero-order valence-corrected chi connectivity index (χ0v) is 25.0. The molecule has 0 aromatic heterocycles. The fourth-order valence-corrected chi connectivity index (χ4v) is 6.01. The Balaban J connectivity index is 1.40. The minimum atomic E-state index is -0.0147. The van der Waals surface area contributed by atoms with E-state index < -0.39 is 0 Å². The van der Waals surface area contributed by atoms with E-state index in [-0.39, 0.29) is 23.9 Å². The van der Waals surface area contributed by atoms with E-state index in [1.165, 1.54) is 19.3 Å². The Hall–Kier alpha value is -2.52. The molecule has 1 aromatic rings. The SMILES string of the molecule is COCCCOc1cc(C(=O)N(C[C@@H]2CNC[C@H]2CN(C(=O)NC2CCCCC2)C2CC2)C(C)C)ccc1OC. The molecule has 2 N–H and O–H groups in total. The lowest BCUT2D eigenvalue weighted by molar-refractivity contribution is 0.0652. The van der Waals surface area contributed by atoms with E-state index in [9.17, 15) is 9.59 Å². The third-order valence-corrected chi connectivity index (χ3v) is 8.57. The lowest BCUT2D eigenvalue weighted by atomic mass is 9.93. The van der Waals surface area contributed by atoms with Crippen molar-refractivity contribution in [2.45, 2.75) is 83.3 Å². The Morgan fingerprint density at radius 3 is 2.35 bits per heavy atom. The van der Waals surface area contributed by atoms with Gasteiger partial charge in [-0.3, -0.25) is 4.79 Å². The van der Waals surface area contributed by atoms with E-state index >= 15 is 0 Å². The van der Waals surface area contributed by atoms with Gasteiger partial charge in [0.05, 0.1) is 13.7 Å². The number of carbonyl (C=O) groups is 2. The number of benzene rings is 1. The van der Waals surface area contributed by atoms with Gasteiger partial charge in [0.25, 0.3) is 5.91 Å². The Bertz CT molecular complexity index is 963. The third kappa shape index (κ3) is 8.26. The molecule has 224 valence electrons. The minimum absolute atomic E-state index is 0.0147. The summed E-state index contributed by atoms with van der Waals surface area (Å²) in [5.74, 6) is 1.74. The van der Waals surface area contributed by atoms with Crippen LogP contribution in [0, 0.1) is 11.8 Å². The highest BCUT2D eigenvalue weighted by Crippen LogP contribution is 2.32. The maximum atomic E-state index is 13.8. The van der Waals surface area contributed by atoms with Gasteiger partial charge in [-0.1, -0.05) is 19.3 Å². The molecule has 0 spiro atoms. The smallest absolute Gasteiger partial charge is 0.317 e. The van der Waals surface area contributed by atoms with Crippen LogP contribution in [-0.2, 0) is 4.74 Å². The molecule has 1 heterocycles. The molecule has 1 saturated heterocycles. The zero-order valence-electron chi connectivity index (χ0n) is 25.0. The van der Waals surface area contributed by atoms with Crippen molar-refractivity contribution in [1.82, 2.24) is 20.4 Å². The van der Waals surface area contributed by atoms with Gasteiger partial charge in [-0.25, -0.2) is 4.79 Å². The Morgan fingerprint density at radius 1 is 0.975 bits per heavy atom. The van der Waals surface area contributed by atoms with Crippen LogP contribution in [0.15, 0.2) is 18.2 Å². The molecule has 3 fully saturated rings. The highest BCUT2D eigenvalue weighted by atomic mass is 16.5. The predicted octanol–water partition coefficient (Wildman–Crippen LogP) is 4.30. The molecule has 2 aliphatic carbocycles.